The monoisotopic (exact) mass is 312 g/mol. The lowest BCUT2D eigenvalue weighted by Crippen LogP contribution is -2.30. The van der Waals surface area contributed by atoms with E-state index >= 15 is 0 Å². The summed E-state index contributed by atoms with van der Waals surface area (Å²) in [5.41, 5.74) is 2.07. The Morgan fingerprint density at radius 1 is 1.13 bits per heavy atom. The standard InChI is InChI=1S/C21H28O2/c1-15-9-8-14-21(4,16-10-6-5-7-11-16)23-19(22)18-17(13-12-15)20(18,2)3/h5-7,9-11,17-18H,8,12-14H2,1-4H3/b15-9-/t17-,18-,21?/m0/s1. The summed E-state index contributed by atoms with van der Waals surface area (Å²) in [7, 11) is 0. The molecule has 3 rings (SSSR count). The molecule has 1 aliphatic heterocycles. The van der Waals surface area contributed by atoms with Crippen molar-refractivity contribution in [2.24, 2.45) is 17.3 Å². The molecule has 1 aromatic rings. The van der Waals surface area contributed by atoms with Crippen LogP contribution in [0, 0.1) is 17.3 Å². The van der Waals surface area contributed by atoms with E-state index in [2.05, 4.69) is 45.9 Å². The number of rotatable bonds is 1. The Bertz CT molecular complexity index is 614. The van der Waals surface area contributed by atoms with E-state index < -0.39 is 5.60 Å². The van der Waals surface area contributed by atoms with E-state index in [-0.39, 0.29) is 17.3 Å². The summed E-state index contributed by atoms with van der Waals surface area (Å²) in [6.07, 6.45) is 6.29. The average Bonchev–Trinajstić information content (AvgIpc) is 3.07. The van der Waals surface area contributed by atoms with Gasteiger partial charge in [-0.2, -0.15) is 0 Å². The maximum atomic E-state index is 12.8. The van der Waals surface area contributed by atoms with Crippen LogP contribution in [0.15, 0.2) is 42.0 Å². The van der Waals surface area contributed by atoms with Gasteiger partial charge in [0.05, 0.1) is 5.92 Å². The van der Waals surface area contributed by atoms with E-state index in [0.29, 0.717) is 5.92 Å². The molecule has 0 saturated heterocycles. The largest absolute Gasteiger partial charge is 0.454 e. The number of fused-ring (bicyclic) bond motifs is 1. The first-order valence-corrected chi connectivity index (χ1v) is 8.78. The predicted molar refractivity (Wildman–Crippen MR) is 92.9 cm³/mol. The number of ether oxygens (including phenoxy) is 1. The zero-order valence-corrected chi connectivity index (χ0v) is 14.8. The van der Waals surface area contributed by atoms with Crippen LogP contribution in [0.5, 0.6) is 0 Å². The Morgan fingerprint density at radius 3 is 2.52 bits per heavy atom. The van der Waals surface area contributed by atoms with Crippen molar-refractivity contribution >= 4 is 5.97 Å². The van der Waals surface area contributed by atoms with Crippen LogP contribution in [-0.4, -0.2) is 5.97 Å². The number of benzene rings is 1. The molecule has 0 aromatic heterocycles. The normalized spacial score (nSPS) is 36.0. The van der Waals surface area contributed by atoms with Crippen molar-refractivity contribution < 1.29 is 9.53 Å². The molecule has 0 N–H and O–H groups in total. The van der Waals surface area contributed by atoms with Crippen molar-refractivity contribution in [3.63, 3.8) is 0 Å². The highest BCUT2D eigenvalue weighted by Gasteiger charge is 2.62. The fraction of sp³-hybridized carbons (Fsp3) is 0.571. The second kappa shape index (κ2) is 5.81. The number of hydrogen-bond donors (Lipinski definition) is 0. The Balaban J connectivity index is 1.91. The van der Waals surface area contributed by atoms with Crippen LogP contribution in [0.1, 0.15) is 58.9 Å². The zero-order chi connectivity index (χ0) is 16.7. The lowest BCUT2D eigenvalue weighted by Gasteiger charge is -2.30. The van der Waals surface area contributed by atoms with Crippen LogP contribution in [0.25, 0.3) is 0 Å². The summed E-state index contributed by atoms with van der Waals surface area (Å²) in [6, 6.07) is 10.2. The Kier molecular flexibility index (Phi) is 4.12. The first-order chi connectivity index (χ1) is 10.8. The van der Waals surface area contributed by atoms with E-state index in [9.17, 15) is 4.79 Å². The second-order valence-electron chi connectivity index (χ2n) is 8.05. The number of cyclic esters (lactones) is 1. The summed E-state index contributed by atoms with van der Waals surface area (Å²) in [5, 5.41) is 0. The van der Waals surface area contributed by atoms with Gasteiger partial charge in [-0.1, -0.05) is 55.8 Å². The molecule has 1 aliphatic carbocycles. The topological polar surface area (TPSA) is 26.3 Å². The van der Waals surface area contributed by atoms with Crippen LogP contribution in [0.3, 0.4) is 0 Å². The molecule has 23 heavy (non-hydrogen) atoms. The Morgan fingerprint density at radius 2 is 1.83 bits per heavy atom. The molecule has 0 spiro atoms. The molecule has 1 aromatic carbocycles. The van der Waals surface area contributed by atoms with E-state index in [4.69, 9.17) is 4.74 Å². The molecular formula is C21H28O2. The SMILES string of the molecule is C/C1=C/CCC(C)(c2ccccc2)OC(=O)[C@@H]2[C@H](CC1)C2(C)C. The molecule has 1 saturated carbocycles. The minimum Gasteiger partial charge on any atom is -0.454 e. The lowest BCUT2D eigenvalue weighted by molar-refractivity contribution is -0.163. The molecule has 1 unspecified atom stereocenters. The highest BCUT2D eigenvalue weighted by atomic mass is 16.6. The third-order valence-electron chi connectivity index (χ3n) is 5.98. The van der Waals surface area contributed by atoms with Gasteiger partial charge in [0.15, 0.2) is 0 Å². The molecule has 2 aliphatic rings. The number of allylic oxidation sites excluding steroid dienone is 2. The van der Waals surface area contributed by atoms with Gasteiger partial charge in [-0.05, 0) is 56.4 Å². The molecule has 2 nitrogen and oxygen atoms in total. The Hall–Kier alpha value is -1.57. The van der Waals surface area contributed by atoms with Crippen molar-refractivity contribution in [2.75, 3.05) is 0 Å². The molecule has 1 heterocycles. The first-order valence-electron chi connectivity index (χ1n) is 8.78. The van der Waals surface area contributed by atoms with Gasteiger partial charge in [-0.15, -0.1) is 0 Å². The molecule has 1 fully saturated rings. The average molecular weight is 312 g/mol. The van der Waals surface area contributed by atoms with Crippen molar-refractivity contribution in [1.29, 1.82) is 0 Å². The number of hydrogen-bond acceptors (Lipinski definition) is 2. The molecule has 3 atom stereocenters. The highest BCUT2D eigenvalue weighted by Crippen LogP contribution is 2.61. The van der Waals surface area contributed by atoms with Gasteiger partial charge in [0.1, 0.15) is 5.60 Å². The van der Waals surface area contributed by atoms with Crippen molar-refractivity contribution in [3.8, 4) is 0 Å². The zero-order valence-electron chi connectivity index (χ0n) is 14.8. The Labute approximate surface area is 139 Å². The maximum Gasteiger partial charge on any atom is 0.310 e. The third-order valence-corrected chi connectivity index (χ3v) is 5.98. The second-order valence-corrected chi connectivity index (χ2v) is 8.05. The molecular weight excluding hydrogens is 284 g/mol. The summed E-state index contributed by atoms with van der Waals surface area (Å²) < 4.78 is 6.11. The first kappa shape index (κ1) is 16.3. The summed E-state index contributed by atoms with van der Waals surface area (Å²) >= 11 is 0. The van der Waals surface area contributed by atoms with Crippen LogP contribution < -0.4 is 0 Å². The molecule has 0 amide bonds. The molecule has 0 bridgehead atoms. The molecule has 2 heteroatoms. The van der Waals surface area contributed by atoms with Gasteiger partial charge < -0.3 is 4.74 Å². The molecule has 0 radical (unpaired) electrons. The quantitative estimate of drug-likeness (QED) is 0.524. The summed E-state index contributed by atoms with van der Waals surface area (Å²) in [4.78, 5) is 12.8. The predicted octanol–water partition coefficient (Wildman–Crippen LogP) is 5.24. The van der Waals surface area contributed by atoms with Crippen molar-refractivity contribution in [1.82, 2.24) is 0 Å². The van der Waals surface area contributed by atoms with Crippen molar-refractivity contribution in [3.05, 3.63) is 47.5 Å². The molecule has 124 valence electrons. The van der Waals surface area contributed by atoms with Crippen LogP contribution in [0.2, 0.25) is 0 Å². The summed E-state index contributed by atoms with van der Waals surface area (Å²) in [5.74, 6) is 0.499. The van der Waals surface area contributed by atoms with Gasteiger partial charge in [0, 0.05) is 0 Å². The van der Waals surface area contributed by atoms with Crippen molar-refractivity contribution in [2.45, 2.75) is 59.0 Å². The lowest BCUT2D eigenvalue weighted by atomic mass is 9.90. The smallest absolute Gasteiger partial charge is 0.310 e. The minimum atomic E-state index is -0.539. The highest BCUT2D eigenvalue weighted by molar-refractivity contribution is 5.78. The van der Waals surface area contributed by atoms with Gasteiger partial charge in [-0.25, -0.2) is 0 Å². The van der Waals surface area contributed by atoms with E-state index in [1.807, 2.05) is 18.2 Å². The minimum absolute atomic E-state index is 0.00842. The third kappa shape index (κ3) is 3.08. The van der Waals surface area contributed by atoms with Gasteiger partial charge >= 0.3 is 5.97 Å². The van der Waals surface area contributed by atoms with Gasteiger partial charge in [-0.3, -0.25) is 4.79 Å². The number of carbonyl (C=O) groups excluding carboxylic acids is 1. The fourth-order valence-electron chi connectivity index (χ4n) is 4.16. The van der Waals surface area contributed by atoms with E-state index in [0.717, 1.165) is 31.2 Å². The van der Waals surface area contributed by atoms with Gasteiger partial charge in [0.25, 0.3) is 0 Å². The number of carbonyl (C=O) groups is 1. The van der Waals surface area contributed by atoms with E-state index in [1.54, 1.807) is 0 Å². The van der Waals surface area contributed by atoms with E-state index in [1.165, 1.54) is 5.57 Å². The van der Waals surface area contributed by atoms with Crippen LogP contribution in [-0.2, 0) is 15.1 Å². The number of esters is 1. The maximum absolute atomic E-state index is 12.8. The van der Waals surface area contributed by atoms with Crippen LogP contribution in [0.4, 0.5) is 0 Å². The fourth-order valence-corrected chi connectivity index (χ4v) is 4.16. The van der Waals surface area contributed by atoms with Gasteiger partial charge in [0.2, 0.25) is 0 Å². The summed E-state index contributed by atoms with van der Waals surface area (Å²) in [6.45, 7) is 8.68. The van der Waals surface area contributed by atoms with Crippen LogP contribution >= 0.6 is 0 Å².